The first-order valence-corrected chi connectivity index (χ1v) is 11.4. The maximum absolute atomic E-state index is 12.7. The molecule has 1 heterocycles. The molecule has 1 aliphatic rings. The second kappa shape index (κ2) is 8.79. The molecule has 2 aromatic rings. The Hall–Kier alpha value is -2.65. The highest BCUT2D eigenvalue weighted by Crippen LogP contribution is 2.31. The predicted molar refractivity (Wildman–Crippen MR) is 114 cm³/mol. The van der Waals surface area contributed by atoms with Gasteiger partial charge in [0, 0.05) is 18.7 Å². The summed E-state index contributed by atoms with van der Waals surface area (Å²) in [4.78, 5) is 26.3. The van der Waals surface area contributed by atoms with Crippen molar-refractivity contribution in [1.82, 2.24) is 4.90 Å². The van der Waals surface area contributed by atoms with Crippen LogP contribution in [0.25, 0.3) is 0 Å². The maximum atomic E-state index is 12.7. The van der Waals surface area contributed by atoms with Crippen LogP contribution in [0.2, 0.25) is 0 Å². The normalized spacial score (nSPS) is 18.3. The third-order valence-electron chi connectivity index (χ3n) is 4.28. The molecule has 0 radical (unpaired) electrons. The lowest BCUT2D eigenvalue weighted by Crippen LogP contribution is -2.33. The number of carbonyl (C=O) groups is 2. The summed E-state index contributed by atoms with van der Waals surface area (Å²) in [6.45, 7) is 3.86. The topological polar surface area (TPSA) is 95.9 Å². The smallest absolute Gasteiger partial charge is 0.284 e. The summed E-state index contributed by atoms with van der Waals surface area (Å²) < 4.78 is 29.1. The molecule has 152 valence electrons. The number of amidine groups is 1. The van der Waals surface area contributed by atoms with E-state index >= 15 is 0 Å². The van der Waals surface area contributed by atoms with E-state index in [9.17, 15) is 18.0 Å². The van der Waals surface area contributed by atoms with Gasteiger partial charge in [-0.2, -0.15) is 8.42 Å². The summed E-state index contributed by atoms with van der Waals surface area (Å²) >= 11 is 1.00. The molecule has 9 heteroatoms. The van der Waals surface area contributed by atoms with Crippen molar-refractivity contribution in [2.75, 3.05) is 11.9 Å². The summed E-state index contributed by atoms with van der Waals surface area (Å²) in [5.74, 6) is -0.640. The van der Waals surface area contributed by atoms with Gasteiger partial charge >= 0.3 is 0 Å². The third kappa shape index (κ3) is 5.04. The number of carbonyl (C=O) groups excluding carboxylic acids is 2. The van der Waals surface area contributed by atoms with Gasteiger partial charge in [0.25, 0.3) is 10.0 Å². The molecule has 0 bridgehead atoms. The molecule has 1 N–H and O–H groups in total. The van der Waals surface area contributed by atoms with Gasteiger partial charge in [-0.05, 0) is 38.1 Å². The molecule has 29 heavy (non-hydrogen) atoms. The zero-order valence-electron chi connectivity index (χ0n) is 16.0. The highest BCUT2D eigenvalue weighted by atomic mass is 32.2. The van der Waals surface area contributed by atoms with Crippen LogP contribution in [0, 0.1) is 6.92 Å². The molecule has 1 saturated heterocycles. The Labute approximate surface area is 174 Å². The van der Waals surface area contributed by atoms with E-state index in [-0.39, 0.29) is 34.8 Å². The van der Waals surface area contributed by atoms with E-state index in [1.165, 1.54) is 17.0 Å². The second-order valence-electron chi connectivity index (χ2n) is 6.47. The van der Waals surface area contributed by atoms with Crippen LogP contribution in [0.5, 0.6) is 0 Å². The minimum Gasteiger partial charge on any atom is -0.326 e. The molecular formula is C20H21N3O4S2. The Morgan fingerprint density at radius 2 is 1.79 bits per heavy atom. The predicted octanol–water partition coefficient (Wildman–Crippen LogP) is 3.03. The van der Waals surface area contributed by atoms with Gasteiger partial charge < -0.3 is 5.32 Å². The van der Waals surface area contributed by atoms with Crippen LogP contribution in [0.15, 0.2) is 63.9 Å². The lowest BCUT2D eigenvalue weighted by Gasteiger charge is -2.13. The zero-order chi connectivity index (χ0) is 21.0. The molecular weight excluding hydrogens is 410 g/mol. The fraction of sp³-hybridized carbons (Fsp3) is 0.250. The number of aryl methyl sites for hydroxylation is 1. The largest absolute Gasteiger partial charge is 0.326 e. The number of benzene rings is 2. The molecule has 1 atom stereocenters. The summed E-state index contributed by atoms with van der Waals surface area (Å²) in [7, 11) is -3.95. The van der Waals surface area contributed by atoms with Crippen molar-refractivity contribution < 1.29 is 18.0 Å². The summed E-state index contributed by atoms with van der Waals surface area (Å²) in [5.41, 5.74) is 1.57. The van der Waals surface area contributed by atoms with Gasteiger partial charge in [-0.15, -0.1) is 4.40 Å². The molecule has 1 fully saturated rings. The van der Waals surface area contributed by atoms with Crippen LogP contribution in [0.4, 0.5) is 5.69 Å². The monoisotopic (exact) mass is 431 g/mol. The molecule has 0 spiro atoms. The fourth-order valence-electron chi connectivity index (χ4n) is 2.77. The standard InChI is InChI=1S/C20H21N3O4S2/c1-3-23-19(25)17(13-18(24)21-15-7-5-4-6-8-15)28-20(23)22-29(26,27)16-11-9-14(2)10-12-16/h4-12,17H,3,13H2,1-2H3,(H,21,24)/b22-20-. The second-order valence-corrected chi connectivity index (χ2v) is 9.24. The molecule has 2 amide bonds. The Balaban J connectivity index is 1.77. The minimum atomic E-state index is -3.95. The number of nitrogens with one attached hydrogen (secondary N) is 1. The summed E-state index contributed by atoms with van der Waals surface area (Å²) in [5, 5.41) is 2.11. The van der Waals surface area contributed by atoms with Crippen LogP contribution in [-0.2, 0) is 19.6 Å². The third-order valence-corrected chi connectivity index (χ3v) is 6.85. The Bertz CT molecular complexity index is 1040. The summed E-state index contributed by atoms with van der Waals surface area (Å²) in [6, 6.07) is 15.3. The van der Waals surface area contributed by atoms with E-state index in [0.29, 0.717) is 5.69 Å². The highest BCUT2D eigenvalue weighted by Gasteiger charge is 2.39. The van der Waals surface area contributed by atoms with Crippen molar-refractivity contribution in [3.63, 3.8) is 0 Å². The number of sulfonamides is 1. The zero-order valence-corrected chi connectivity index (χ0v) is 17.7. The van der Waals surface area contributed by atoms with E-state index < -0.39 is 15.3 Å². The number of hydrogen-bond acceptors (Lipinski definition) is 5. The van der Waals surface area contributed by atoms with Crippen LogP contribution in [0.3, 0.4) is 0 Å². The van der Waals surface area contributed by atoms with Crippen molar-refractivity contribution >= 4 is 44.5 Å². The van der Waals surface area contributed by atoms with Crippen LogP contribution in [0.1, 0.15) is 18.9 Å². The molecule has 1 unspecified atom stereocenters. The van der Waals surface area contributed by atoms with Crippen LogP contribution < -0.4 is 5.32 Å². The number of hydrogen-bond donors (Lipinski definition) is 1. The van der Waals surface area contributed by atoms with E-state index in [2.05, 4.69) is 9.71 Å². The number of amides is 2. The molecule has 2 aromatic carbocycles. The molecule has 1 aliphatic heterocycles. The van der Waals surface area contributed by atoms with E-state index in [1.54, 1.807) is 43.3 Å². The maximum Gasteiger partial charge on any atom is 0.284 e. The van der Waals surface area contributed by atoms with E-state index in [4.69, 9.17) is 0 Å². The first-order chi connectivity index (χ1) is 13.8. The average Bonchev–Trinajstić information content (AvgIpc) is 2.96. The Kier molecular flexibility index (Phi) is 6.39. The number of thioether (sulfide) groups is 1. The average molecular weight is 432 g/mol. The van der Waals surface area contributed by atoms with Gasteiger partial charge in [0.1, 0.15) is 5.25 Å². The van der Waals surface area contributed by atoms with Gasteiger partial charge in [0.2, 0.25) is 11.8 Å². The number of rotatable bonds is 6. The first-order valence-electron chi connectivity index (χ1n) is 9.04. The van der Waals surface area contributed by atoms with Gasteiger partial charge in [-0.3, -0.25) is 14.5 Å². The van der Waals surface area contributed by atoms with E-state index in [0.717, 1.165) is 17.3 Å². The molecule has 7 nitrogen and oxygen atoms in total. The molecule has 0 aliphatic carbocycles. The van der Waals surface area contributed by atoms with Crippen molar-refractivity contribution in [2.24, 2.45) is 4.40 Å². The van der Waals surface area contributed by atoms with Crippen molar-refractivity contribution in [3.05, 3.63) is 60.2 Å². The lowest BCUT2D eigenvalue weighted by molar-refractivity contribution is -0.128. The molecule has 0 saturated carbocycles. The van der Waals surface area contributed by atoms with Gasteiger partial charge in [-0.1, -0.05) is 47.7 Å². The highest BCUT2D eigenvalue weighted by molar-refractivity contribution is 8.16. The first kappa shape index (κ1) is 21.1. The Morgan fingerprint density at radius 3 is 2.41 bits per heavy atom. The Morgan fingerprint density at radius 1 is 1.14 bits per heavy atom. The van der Waals surface area contributed by atoms with Crippen molar-refractivity contribution in [3.8, 4) is 0 Å². The fourth-order valence-corrected chi connectivity index (χ4v) is 5.19. The van der Waals surface area contributed by atoms with Crippen molar-refractivity contribution in [1.29, 1.82) is 0 Å². The van der Waals surface area contributed by atoms with Gasteiger partial charge in [-0.25, -0.2) is 0 Å². The number of para-hydroxylation sites is 1. The quantitative estimate of drug-likeness (QED) is 0.758. The lowest BCUT2D eigenvalue weighted by atomic mass is 10.2. The van der Waals surface area contributed by atoms with Crippen molar-refractivity contribution in [2.45, 2.75) is 30.4 Å². The number of anilines is 1. The van der Waals surface area contributed by atoms with Gasteiger partial charge in [0.15, 0.2) is 5.17 Å². The molecule has 3 rings (SSSR count). The van der Waals surface area contributed by atoms with Crippen LogP contribution >= 0.6 is 11.8 Å². The minimum absolute atomic E-state index is 0.0602. The van der Waals surface area contributed by atoms with Gasteiger partial charge in [0.05, 0.1) is 4.90 Å². The SMILES string of the molecule is CCN1C(=O)C(CC(=O)Nc2ccccc2)S/C1=N\S(=O)(=O)c1ccc(C)cc1. The van der Waals surface area contributed by atoms with E-state index in [1.807, 2.05) is 13.0 Å². The van der Waals surface area contributed by atoms with Crippen LogP contribution in [-0.4, -0.2) is 42.1 Å². The molecule has 0 aromatic heterocycles. The summed E-state index contributed by atoms with van der Waals surface area (Å²) in [6.07, 6.45) is -0.0709. The number of nitrogens with zero attached hydrogens (tertiary/aromatic N) is 2.